The van der Waals surface area contributed by atoms with Gasteiger partial charge in [0.05, 0.1) is 18.1 Å². The van der Waals surface area contributed by atoms with Gasteiger partial charge in [-0.05, 0) is 19.1 Å². The fourth-order valence-electron chi connectivity index (χ4n) is 1.87. The summed E-state index contributed by atoms with van der Waals surface area (Å²) in [5.74, 6) is -0.883. The Bertz CT molecular complexity index is 672. The second-order valence-corrected chi connectivity index (χ2v) is 4.74. The highest BCUT2D eigenvalue weighted by atomic mass is 35.5. The van der Waals surface area contributed by atoms with Gasteiger partial charge in [-0.3, -0.25) is 14.6 Å². The molecule has 0 N–H and O–H groups in total. The minimum Gasteiger partial charge on any atom is -0.456 e. The van der Waals surface area contributed by atoms with Crippen molar-refractivity contribution >= 4 is 29.2 Å². The summed E-state index contributed by atoms with van der Waals surface area (Å²) in [5.41, 5.74) is 1.17. The zero-order valence-electron chi connectivity index (χ0n) is 12.2. The maximum absolute atomic E-state index is 12.1. The number of hydrogen-bond donors (Lipinski definition) is 0. The number of esters is 1. The SMILES string of the molecule is CCN(C(=O)COC(C)=O)c1cn(-c2cccnc2)nc1Cl. The minimum absolute atomic E-state index is 0.182. The zero-order chi connectivity index (χ0) is 16.1. The Hall–Kier alpha value is -2.41. The molecule has 2 aromatic rings. The number of aromatic nitrogens is 3. The molecule has 0 aliphatic carbocycles. The molecular weight excluding hydrogens is 308 g/mol. The lowest BCUT2D eigenvalue weighted by atomic mass is 10.4. The largest absolute Gasteiger partial charge is 0.456 e. The van der Waals surface area contributed by atoms with Gasteiger partial charge in [0.1, 0.15) is 5.69 Å². The number of halogens is 1. The predicted octanol–water partition coefficient (Wildman–Crippen LogP) is 1.84. The van der Waals surface area contributed by atoms with E-state index in [1.54, 1.807) is 31.6 Å². The Morgan fingerprint density at radius 3 is 2.82 bits per heavy atom. The first-order valence-electron chi connectivity index (χ1n) is 6.62. The highest BCUT2D eigenvalue weighted by Crippen LogP contribution is 2.26. The Morgan fingerprint density at radius 1 is 1.45 bits per heavy atom. The molecule has 0 unspecified atom stereocenters. The molecule has 0 saturated heterocycles. The van der Waals surface area contributed by atoms with Crippen LogP contribution < -0.4 is 4.90 Å². The second kappa shape index (κ2) is 7.04. The standard InChI is InChI=1S/C14H15ClN4O3/c1-3-18(13(21)9-22-10(2)20)12-8-19(17-14(12)15)11-5-4-6-16-7-11/h4-8H,3,9H2,1-2H3. The molecule has 2 rings (SSSR count). The molecule has 0 aromatic carbocycles. The number of hydrogen-bond acceptors (Lipinski definition) is 5. The van der Waals surface area contributed by atoms with Gasteiger partial charge in [0, 0.05) is 19.7 Å². The van der Waals surface area contributed by atoms with Crippen molar-refractivity contribution < 1.29 is 14.3 Å². The summed E-state index contributed by atoms with van der Waals surface area (Å²) in [7, 11) is 0. The summed E-state index contributed by atoms with van der Waals surface area (Å²) in [4.78, 5) is 28.3. The molecule has 0 fully saturated rings. The average molecular weight is 323 g/mol. The highest BCUT2D eigenvalue weighted by molar-refractivity contribution is 6.32. The average Bonchev–Trinajstić information content (AvgIpc) is 2.89. The first kappa shape index (κ1) is 16.0. The van der Waals surface area contributed by atoms with Crippen LogP contribution in [0.1, 0.15) is 13.8 Å². The number of pyridine rings is 1. The third-order valence-corrected chi connectivity index (χ3v) is 3.14. The first-order chi connectivity index (χ1) is 10.5. The van der Waals surface area contributed by atoms with Crippen LogP contribution in [0.25, 0.3) is 5.69 Å². The molecule has 0 spiro atoms. The van der Waals surface area contributed by atoms with E-state index in [0.717, 1.165) is 5.69 Å². The van der Waals surface area contributed by atoms with Gasteiger partial charge in [-0.1, -0.05) is 11.6 Å². The maximum atomic E-state index is 12.1. The minimum atomic E-state index is -0.512. The van der Waals surface area contributed by atoms with Gasteiger partial charge in [0.15, 0.2) is 11.8 Å². The summed E-state index contributed by atoms with van der Waals surface area (Å²) < 4.78 is 6.26. The van der Waals surface area contributed by atoms with Crippen LogP contribution in [0, 0.1) is 0 Å². The zero-order valence-corrected chi connectivity index (χ0v) is 12.9. The van der Waals surface area contributed by atoms with Crippen LogP contribution in [0.3, 0.4) is 0 Å². The van der Waals surface area contributed by atoms with Crippen LogP contribution in [-0.2, 0) is 14.3 Å². The van der Waals surface area contributed by atoms with Crippen LogP contribution in [0.4, 0.5) is 5.69 Å². The summed E-state index contributed by atoms with van der Waals surface area (Å²) in [6.07, 6.45) is 4.91. The van der Waals surface area contributed by atoms with E-state index in [4.69, 9.17) is 16.3 Å². The van der Waals surface area contributed by atoms with Crippen LogP contribution in [0.2, 0.25) is 5.15 Å². The second-order valence-electron chi connectivity index (χ2n) is 4.38. The summed E-state index contributed by atoms with van der Waals surface area (Å²) in [5, 5.41) is 4.35. The van der Waals surface area contributed by atoms with Crippen molar-refractivity contribution in [3.8, 4) is 5.69 Å². The molecule has 0 bridgehead atoms. The molecule has 22 heavy (non-hydrogen) atoms. The number of rotatable bonds is 5. The van der Waals surface area contributed by atoms with Crippen molar-refractivity contribution in [2.45, 2.75) is 13.8 Å². The van der Waals surface area contributed by atoms with Gasteiger partial charge < -0.3 is 9.64 Å². The van der Waals surface area contributed by atoms with Crippen molar-refractivity contribution in [3.63, 3.8) is 0 Å². The number of anilines is 1. The van der Waals surface area contributed by atoms with Crippen molar-refractivity contribution in [1.82, 2.24) is 14.8 Å². The predicted molar refractivity (Wildman–Crippen MR) is 81.0 cm³/mol. The third kappa shape index (κ3) is 3.62. The van der Waals surface area contributed by atoms with E-state index < -0.39 is 5.97 Å². The van der Waals surface area contributed by atoms with E-state index in [2.05, 4.69) is 10.1 Å². The Morgan fingerprint density at radius 2 is 2.23 bits per heavy atom. The van der Waals surface area contributed by atoms with Crippen LogP contribution in [0.15, 0.2) is 30.7 Å². The quantitative estimate of drug-likeness (QED) is 0.785. The van der Waals surface area contributed by atoms with Gasteiger partial charge in [-0.25, -0.2) is 4.68 Å². The van der Waals surface area contributed by atoms with E-state index in [1.165, 1.54) is 16.5 Å². The monoisotopic (exact) mass is 322 g/mol. The summed E-state index contributed by atoms with van der Waals surface area (Å²) >= 11 is 6.12. The Kier molecular flexibility index (Phi) is 5.11. The van der Waals surface area contributed by atoms with Crippen molar-refractivity contribution in [2.75, 3.05) is 18.1 Å². The van der Waals surface area contributed by atoms with E-state index >= 15 is 0 Å². The summed E-state index contributed by atoms with van der Waals surface area (Å²) in [6.45, 7) is 3.08. The lowest BCUT2D eigenvalue weighted by molar-refractivity contribution is -0.145. The van der Waals surface area contributed by atoms with E-state index in [9.17, 15) is 9.59 Å². The Labute approximate surface area is 132 Å². The van der Waals surface area contributed by atoms with Crippen LogP contribution in [-0.4, -0.2) is 39.8 Å². The first-order valence-corrected chi connectivity index (χ1v) is 7.00. The lowest BCUT2D eigenvalue weighted by Gasteiger charge is -2.19. The van der Waals surface area contributed by atoms with Crippen LogP contribution in [0.5, 0.6) is 0 Å². The van der Waals surface area contributed by atoms with Gasteiger partial charge in [-0.2, -0.15) is 5.10 Å². The molecule has 2 heterocycles. The smallest absolute Gasteiger partial charge is 0.303 e. The topological polar surface area (TPSA) is 77.3 Å². The van der Waals surface area contributed by atoms with Crippen molar-refractivity contribution in [1.29, 1.82) is 0 Å². The normalized spacial score (nSPS) is 10.3. The fourth-order valence-corrected chi connectivity index (χ4v) is 2.10. The molecule has 0 aliphatic rings. The number of ether oxygens (including phenoxy) is 1. The molecular formula is C14H15ClN4O3. The van der Waals surface area contributed by atoms with Gasteiger partial charge in [0.2, 0.25) is 0 Å². The molecule has 0 radical (unpaired) electrons. The molecule has 0 atom stereocenters. The molecule has 2 aromatic heterocycles. The lowest BCUT2D eigenvalue weighted by Crippen LogP contribution is -2.34. The number of likely N-dealkylation sites (N-methyl/N-ethyl adjacent to an activating group) is 1. The molecule has 0 saturated carbocycles. The fraction of sp³-hybridized carbons (Fsp3) is 0.286. The maximum Gasteiger partial charge on any atom is 0.303 e. The van der Waals surface area contributed by atoms with Crippen LogP contribution >= 0.6 is 11.6 Å². The number of carbonyl (C=O) groups excluding carboxylic acids is 2. The molecule has 7 nitrogen and oxygen atoms in total. The molecule has 116 valence electrons. The van der Waals surface area contributed by atoms with Crippen molar-refractivity contribution in [3.05, 3.63) is 35.9 Å². The van der Waals surface area contributed by atoms with E-state index in [-0.39, 0.29) is 17.7 Å². The number of carbonyl (C=O) groups is 2. The number of amides is 1. The molecule has 0 aliphatic heterocycles. The van der Waals surface area contributed by atoms with Crippen molar-refractivity contribution in [2.24, 2.45) is 0 Å². The van der Waals surface area contributed by atoms with Gasteiger partial charge in [0.25, 0.3) is 5.91 Å². The highest BCUT2D eigenvalue weighted by Gasteiger charge is 2.21. The molecule has 1 amide bonds. The Balaban J connectivity index is 2.25. The number of nitrogens with zero attached hydrogens (tertiary/aromatic N) is 4. The van der Waals surface area contributed by atoms with Gasteiger partial charge >= 0.3 is 5.97 Å². The van der Waals surface area contributed by atoms with E-state index in [1.807, 2.05) is 6.07 Å². The molecule has 8 heteroatoms. The third-order valence-electron chi connectivity index (χ3n) is 2.87. The van der Waals surface area contributed by atoms with E-state index in [0.29, 0.717) is 12.2 Å². The summed E-state index contributed by atoms with van der Waals surface area (Å²) in [6, 6.07) is 3.59. The van der Waals surface area contributed by atoms with Gasteiger partial charge in [-0.15, -0.1) is 0 Å².